The molecule has 2 aliphatic rings. The minimum Gasteiger partial charge on any atom is -0.385 e. The number of aliphatic hydroxyl groups is 1. The molecule has 0 bridgehead atoms. The first kappa shape index (κ1) is 30.6. The summed E-state index contributed by atoms with van der Waals surface area (Å²) in [6.45, 7) is 5.09. The van der Waals surface area contributed by atoms with Gasteiger partial charge in [0, 0.05) is 47.7 Å². The average Bonchev–Trinajstić information content (AvgIpc) is 3.44. The molecule has 0 spiro atoms. The van der Waals surface area contributed by atoms with E-state index < -0.39 is 23.2 Å². The molecule has 1 aliphatic carbocycles. The fourth-order valence-corrected chi connectivity index (χ4v) is 6.31. The third-order valence-corrected chi connectivity index (χ3v) is 8.68. The Morgan fingerprint density at radius 3 is 2.35 bits per heavy atom. The summed E-state index contributed by atoms with van der Waals surface area (Å²) in [6, 6.07) is 12.3. The fourth-order valence-electron chi connectivity index (χ4n) is 6.31. The van der Waals surface area contributed by atoms with Crippen molar-refractivity contribution in [2.75, 3.05) is 19.6 Å². The normalized spacial score (nSPS) is 22.7. The lowest BCUT2D eigenvalue weighted by molar-refractivity contribution is -0.137. The van der Waals surface area contributed by atoms with Crippen LogP contribution in [0.3, 0.4) is 0 Å². The molecule has 1 aromatic heterocycles. The number of likely N-dealkylation sites (tertiary alicyclic amines) is 1. The van der Waals surface area contributed by atoms with E-state index >= 15 is 0 Å². The predicted octanol–water partition coefficient (Wildman–Crippen LogP) is 4.53. The minimum atomic E-state index is -4.55. The molecular formula is C32H36F3N5O3. The van der Waals surface area contributed by atoms with Gasteiger partial charge in [0.2, 0.25) is 5.91 Å². The van der Waals surface area contributed by atoms with Crippen molar-refractivity contribution in [1.82, 2.24) is 25.5 Å². The van der Waals surface area contributed by atoms with Gasteiger partial charge in [0.1, 0.15) is 6.33 Å². The molecule has 2 aromatic carbocycles. The molecule has 1 saturated carbocycles. The second-order valence-corrected chi connectivity index (χ2v) is 11.6. The van der Waals surface area contributed by atoms with Crippen LogP contribution in [0, 0.1) is 13.8 Å². The van der Waals surface area contributed by atoms with Crippen LogP contribution in [0.2, 0.25) is 0 Å². The summed E-state index contributed by atoms with van der Waals surface area (Å²) in [5, 5.41) is 16.8. The summed E-state index contributed by atoms with van der Waals surface area (Å²) in [5.41, 5.74) is 2.81. The van der Waals surface area contributed by atoms with Crippen LogP contribution < -0.4 is 10.6 Å². The van der Waals surface area contributed by atoms with Crippen LogP contribution in [-0.4, -0.2) is 63.5 Å². The molecule has 3 N–H and O–H groups in total. The van der Waals surface area contributed by atoms with Crippen LogP contribution in [0.4, 0.5) is 13.2 Å². The number of aryl methyl sites for hydroxylation is 2. The number of nitrogens with one attached hydrogen (secondary N) is 2. The molecule has 1 atom stereocenters. The van der Waals surface area contributed by atoms with E-state index in [4.69, 9.17) is 0 Å². The number of carbonyl (C=O) groups excluding carboxylic acids is 2. The molecule has 228 valence electrons. The summed E-state index contributed by atoms with van der Waals surface area (Å²) in [7, 11) is 0. The van der Waals surface area contributed by atoms with E-state index in [0.717, 1.165) is 72.1 Å². The maximum Gasteiger partial charge on any atom is 0.416 e. The third-order valence-electron chi connectivity index (χ3n) is 8.68. The molecule has 0 radical (unpaired) electrons. The number of hydrogen-bond donors (Lipinski definition) is 3. The number of hydrogen-bond acceptors (Lipinski definition) is 6. The van der Waals surface area contributed by atoms with Crippen LogP contribution in [0.5, 0.6) is 0 Å². The zero-order valence-electron chi connectivity index (χ0n) is 24.2. The summed E-state index contributed by atoms with van der Waals surface area (Å²) >= 11 is 0. The zero-order valence-corrected chi connectivity index (χ0v) is 24.2. The van der Waals surface area contributed by atoms with Crippen LogP contribution in [0.25, 0.3) is 11.1 Å². The Labute approximate surface area is 248 Å². The lowest BCUT2D eigenvalue weighted by Crippen LogP contribution is -2.45. The smallest absolute Gasteiger partial charge is 0.385 e. The molecular weight excluding hydrogens is 559 g/mol. The standard InChI is InChI=1S/C32H36F3N5O3/c1-20-29(21(2)38-19-37-20)22-6-8-24(9-7-22)31(43)13-10-27(11-14-31)40-15-12-26(18-40)39-28(41)17-36-30(42)23-4-3-5-25(16-23)32(33,34)35/h3-9,16,19,26-27,43H,10-15,17-18H2,1-2H3,(H,36,42)(H,39,41)/t26-,27?,31?/m1/s1. The third kappa shape index (κ3) is 7.05. The van der Waals surface area contributed by atoms with Gasteiger partial charge in [0.25, 0.3) is 5.91 Å². The van der Waals surface area contributed by atoms with Crippen molar-refractivity contribution in [1.29, 1.82) is 0 Å². The van der Waals surface area contributed by atoms with Gasteiger partial charge in [-0.05, 0) is 75.3 Å². The highest BCUT2D eigenvalue weighted by Gasteiger charge is 2.38. The van der Waals surface area contributed by atoms with E-state index in [-0.39, 0.29) is 24.1 Å². The molecule has 5 rings (SSSR count). The number of aromatic nitrogens is 2. The molecule has 1 saturated heterocycles. The van der Waals surface area contributed by atoms with E-state index in [9.17, 15) is 27.9 Å². The number of amides is 2. The van der Waals surface area contributed by atoms with Crippen LogP contribution in [0.15, 0.2) is 54.9 Å². The van der Waals surface area contributed by atoms with Gasteiger partial charge >= 0.3 is 6.18 Å². The number of carbonyl (C=O) groups is 2. The fraction of sp³-hybridized carbons (Fsp3) is 0.438. The van der Waals surface area contributed by atoms with Crippen LogP contribution >= 0.6 is 0 Å². The molecule has 2 fully saturated rings. The van der Waals surface area contributed by atoms with E-state index in [0.29, 0.717) is 25.4 Å². The second kappa shape index (κ2) is 12.4. The van der Waals surface area contributed by atoms with Gasteiger partial charge < -0.3 is 15.7 Å². The zero-order chi connectivity index (χ0) is 30.8. The average molecular weight is 596 g/mol. The van der Waals surface area contributed by atoms with Gasteiger partial charge in [-0.25, -0.2) is 9.97 Å². The Morgan fingerprint density at radius 1 is 1.02 bits per heavy atom. The molecule has 1 aliphatic heterocycles. The van der Waals surface area contributed by atoms with Crippen molar-refractivity contribution in [3.63, 3.8) is 0 Å². The number of rotatable bonds is 7. The Morgan fingerprint density at radius 2 is 1.70 bits per heavy atom. The lowest BCUT2D eigenvalue weighted by atomic mass is 9.77. The predicted molar refractivity (Wildman–Crippen MR) is 155 cm³/mol. The maximum atomic E-state index is 12.9. The lowest BCUT2D eigenvalue weighted by Gasteiger charge is -2.40. The van der Waals surface area contributed by atoms with Gasteiger partial charge in [-0.15, -0.1) is 0 Å². The molecule has 3 aromatic rings. The largest absolute Gasteiger partial charge is 0.416 e. The maximum absolute atomic E-state index is 12.9. The number of benzene rings is 2. The summed E-state index contributed by atoms with van der Waals surface area (Å²) in [6.07, 6.45) is 0.706. The van der Waals surface area contributed by atoms with Crippen molar-refractivity contribution in [2.45, 2.75) is 69.8 Å². The molecule has 11 heteroatoms. The van der Waals surface area contributed by atoms with E-state index in [1.54, 1.807) is 6.33 Å². The number of nitrogens with zero attached hydrogens (tertiary/aromatic N) is 3. The summed E-state index contributed by atoms with van der Waals surface area (Å²) in [5.74, 6) is -1.13. The Bertz CT molecular complexity index is 1450. The highest BCUT2D eigenvalue weighted by molar-refractivity contribution is 5.96. The number of alkyl halides is 3. The van der Waals surface area contributed by atoms with Crippen molar-refractivity contribution >= 4 is 11.8 Å². The molecule has 2 amide bonds. The minimum absolute atomic E-state index is 0.0832. The first-order valence-electron chi connectivity index (χ1n) is 14.5. The van der Waals surface area contributed by atoms with Crippen molar-refractivity contribution in [3.8, 4) is 11.1 Å². The Kier molecular flexibility index (Phi) is 8.84. The topological polar surface area (TPSA) is 107 Å². The second-order valence-electron chi connectivity index (χ2n) is 11.6. The van der Waals surface area contributed by atoms with E-state index in [1.165, 1.54) is 6.07 Å². The van der Waals surface area contributed by atoms with Gasteiger partial charge in [-0.3, -0.25) is 14.5 Å². The first-order valence-corrected chi connectivity index (χ1v) is 14.5. The molecule has 8 nitrogen and oxygen atoms in total. The van der Waals surface area contributed by atoms with Crippen molar-refractivity contribution in [2.24, 2.45) is 0 Å². The quantitative estimate of drug-likeness (QED) is 0.371. The van der Waals surface area contributed by atoms with Crippen LogP contribution in [-0.2, 0) is 16.6 Å². The van der Waals surface area contributed by atoms with Crippen molar-refractivity contribution in [3.05, 3.63) is 82.9 Å². The van der Waals surface area contributed by atoms with Gasteiger partial charge in [0.05, 0.1) is 17.7 Å². The van der Waals surface area contributed by atoms with E-state index in [2.05, 4.69) is 25.5 Å². The summed E-state index contributed by atoms with van der Waals surface area (Å²) < 4.78 is 38.8. The van der Waals surface area contributed by atoms with E-state index in [1.807, 2.05) is 38.1 Å². The van der Waals surface area contributed by atoms with Crippen LogP contribution in [0.1, 0.15) is 65.0 Å². The highest BCUT2D eigenvalue weighted by Crippen LogP contribution is 2.40. The molecule has 43 heavy (non-hydrogen) atoms. The number of halogens is 3. The van der Waals surface area contributed by atoms with Gasteiger partial charge in [0.15, 0.2) is 0 Å². The van der Waals surface area contributed by atoms with Gasteiger partial charge in [-0.1, -0.05) is 30.3 Å². The SMILES string of the molecule is Cc1ncnc(C)c1-c1ccc(C2(O)CCC(N3CC[C@@H](NC(=O)CNC(=O)c4cccc(C(F)(F)F)c4)C3)CC2)cc1. The molecule has 2 heterocycles. The van der Waals surface area contributed by atoms with Gasteiger partial charge in [-0.2, -0.15) is 13.2 Å². The Hall–Kier alpha value is -3.83. The molecule has 0 unspecified atom stereocenters. The Balaban J connectivity index is 1.08. The first-order chi connectivity index (χ1) is 20.4. The highest BCUT2D eigenvalue weighted by atomic mass is 19.4. The summed E-state index contributed by atoms with van der Waals surface area (Å²) in [4.78, 5) is 35.7. The van der Waals surface area contributed by atoms with Crippen molar-refractivity contribution < 1.29 is 27.9 Å². The monoisotopic (exact) mass is 595 g/mol.